The average molecular weight is 338 g/mol. The first kappa shape index (κ1) is 16.4. The topological polar surface area (TPSA) is 82.3 Å². The molecular weight excluding hydrogens is 324 g/mol. The van der Waals surface area contributed by atoms with Gasteiger partial charge in [-0.2, -0.15) is 0 Å². The molecular formula is C14H14N2O4S2. The van der Waals surface area contributed by atoms with E-state index >= 15 is 0 Å². The van der Waals surface area contributed by atoms with Crippen LogP contribution in [0.3, 0.4) is 0 Å². The first-order chi connectivity index (χ1) is 10.5. The van der Waals surface area contributed by atoms with E-state index in [0.717, 1.165) is 10.0 Å². The molecule has 1 heterocycles. The van der Waals surface area contributed by atoms with Crippen LogP contribution in [0.5, 0.6) is 0 Å². The molecule has 2 aromatic rings. The summed E-state index contributed by atoms with van der Waals surface area (Å²) in [7, 11) is 0. The normalized spacial score (nSPS) is 10.5. The molecule has 0 fully saturated rings. The van der Waals surface area contributed by atoms with Gasteiger partial charge >= 0.3 is 5.97 Å². The Morgan fingerprint density at radius 3 is 2.86 bits per heavy atom. The van der Waals surface area contributed by atoms with Gasteiger partial charge in [-0.25, -0.2) is 9.78 Å². The number of thiazole rings is 1. The van der Waals surface area contributed by atoms with Gasteiger partial charge in [0.25, 0.3) is 5.69 Å². The van der Waals surface area contributed by atoms with Gasteiger partial charge in [-0.3, -0.25) is 10.1 Å². The molecule has 6 nitrogen and oxygen atoms in total. The van der Waals surface area contributed by atoms with E-state index in [2.05, 4.69) is 4.98 Å². The molecule has 0 aliphatic carbocycles. The zero-order valence-electron chi connectivity index (χ0n) is 12.1. The number of carbonyl (C=O) groups excluding carboxylic acids is 1. The number of rotatable bonds is 6. The molecule has 0 aliphatic rings. The molecule has 1 aromatic heterocycles. The van der Waals surface area contributed by atoms with Crippen molar-refractivity contribution in [2.45, 2.75) is 29.5 Å². The van der Waals surface area contributed by atoms with Crippen molar-refractivity contribution in [2.24, 2.45) is 0 Å². The van der Waals surface area contributed by atoms with E-state index in [4.69, 9.17) is 4.74 Å². The molecule has 1 aromatic carbocycles. The number of ether oxygens (including phenoxy) is 1. The minimum Gasteiger partial charge on any atom is -0.462 e. The Bertz CT molecular complexity index is 700. The lowest BCUT2D eigenvalue weighted by Gasteiger charge is -2.07. The molecule has 116 valence electrons. The number of esters is 1. The van der Waals surface area contributed by atoms with Gasteiger partial charge in [0.05, 0.1) is 17.1 Å². The first-order valence-electron chi connectivity index (χ1n) is 6.56. The van der Waals surface area contributed by atoms with Crippen LogP contribution in [0.1, 0.15) is 29.4 Å². The maximum absolute atomic E-state index is 12.1. The van der Waals surface area contributed by atoms with E-state index in [1.165, 1.54) is 35.2 Å². The summed E-state index contributed by atoms with van der Waals surface area (Å²) in [4.78, 5) is 27.4. The van der Waals surface area contributed by atoms with Gasteiger partial charge in [-0.15, -0.1) is 11.3 Å². The highest BCUT2D eigenvalue weighted by Gasteiger charge is 2.19. The number of hydrogen-bond donors (Lipinski definition) is 0. The number of aromatic nitrogens is 1. The molecule has 0 N–H and O–H groups in total. The smallest absolute Gasteiger partial charge is 0.339 e. The number of carbonyl (C=O) groups is 1. The number of nitro benzene ring substituents is 1. The van der Waals surface area contributed by atoms with Crippen molar-refractivity contribution >= 4 is 34.8 Å². The number of nitro groups is 1. The molecule has 22 heavy (non-hydrogen) atoms. The Morgan fingerprint density at radius 2 is 2.27 bits per heavy atom. The third kappa shape index (κ3) is 4.05. The van der Waals surface area contributed by atoms with Gasteiger partial charge in [-0.1, -0.05) is 18.7 Å². The molecule has 0 bridgehead atoms. The predicted molar refractivity (Wildman–Crippen MR) is 84.6 cm³/mol. The number of nitrogens with zero attached hydrogens (tertiary/aromatic N) is 2. The van der Waals surface area contributed by atoms with Crippen LogP contribution >= 0.6 is 23.1 Å². The number of benzene rings is 1. The van der Waals surface area contributed by atoms with Crippen LogP contribution in [-0.4, -0.2) is 22.5 Å². The zero-order valence-corrected chi connectivity index (χ0v) is 13.7. The summed E-state index contributed by atoms with van der Waals surface area (Å²) in [5.74, 6) is -0.554. The molecule has 8 heteroatoms. The SMILES string of the molecule is CCCOC(=O)c1cc([N+](=O)[O-])ccc1Sc1nc(C)cs1. The van der Waals surface area contributed by atoms with Crippen LogP contribution in [0.15, 0.2) is 32.8 Å². The molecule has 0 radical (unpaired) electrons. The van der Waals surface area contributed by atoms with Gasteiger partial charge in [0, 0.05) is 28.1 Å². The van der Waals surface area contributed by atoms with Gasteiger partial charge in [-0.05, 0) is 19.4 Å². The van der Waals surface area contributed by atoms with Crippen molar-refractivity contribution in [3.63, 3.8) is 0 Å². The molecule has 0 amide bonds. The second-order valence-corrected chi connectivity index (χ2v) is 6.58. The minimum atomic E-state index is -0.554. The highest BCUT2D eigenvalue weighted by Crippen LogP contribution is 2.34. The lowest BCUT2D eigenvalue weighted by molar-refractivity contribution is -0.384. The van der Waals surface area contributed by atoms with Crippen molar-refractivity contribution in [1.82, 2.24) is 4.98 Å². The third-order valence-electron chi connectivity index (χ3n) is 2.63. The molecule has 0 atom stereocenters. The predicted octanol–water partition coefficient (Wildman–Crippen LogP) is 4.08. The second kappa shape index (κ2) is 7.37. The summed E-state index contributed by atoms with van der Waals surface area (Å²) in [6, 6.07) is 4.18. The average Bonchev–Trinajstić information content (AvgIpc) is 2.90. The minimum absolute atomic E-state index is 0.136. The zero-order chi connectivity index (χ0) is 16.1. The lowest BCUT2D eigenvalue weighted by atomic mass is 10.2. The van der Waals surface area contributed by atoms with E-state index in [0.29, 0.717) is 11.3 Å². The Morgan fingerprint density at radius 1 is 1.50 bits per heavy atom. The van der Waals surface area contributed by atoms with Crippen molar-refractivity contribution in [3.8, 4) is 0 Å². The van der Waals surface area contributed by atoms with Gasteiger partial charge in [0.1, 0.15) is 0 Å². The fraction of sp³-hybridized carbons (Fsp3) is 0.286. The monoisotopic (exact) mass is 338 g/mol. The van der Waals surface area contributed by atoms with E-state index < -0.39 is 10.9 Å². The van der Waals surface area contributed by atoms with Crippen LogP contribution in [0.2, 0.25) is 0 Å². The highest BCUT2D eigenvalue weighted by molar-refractivity contribution is 8.01. The van der Waals surface area contributed by atoms with Gasteiger partial charge in [0.15, 0.2) is 4.34 Å². The largest absolute Gasteiger partial charge is 0.462 e. The molecule has 0 unspecified atom stereocenters. The third-order valence-corrected chi connectivity index (χ3v) is 4.76. The first-order valence-corrected chi connectivity index (χ1v) is 8.26. The van der Waals surface area contributed by atoms with E-state index in [-0.39, 0.29) is 17.9 Å². The van der Waals surface area contributed by atoms with Crippen LogP contribution in [0, 0.1) is 17.0 Å². The molecule has 0 spiro atoms. The Hall–Kier alpha value is -1.93. The van der Waals surface area contributed by atoms with Crippen LogP contribution in [-0.2, 0) is 4.74 Å². The fourth-order valence-electron chi connectivity index (χ4n) is 1.63. The molecule has 0 aliphatic heterocycles. The van der Waals surface area contributed by atoms with Gasteiger partial charge < -0.3 is 4.74 Å². The summed E-state index contributed by atoms with van der Waals surface area (Å²) in [5, 5.41) is 12.8. The second-order valence-electron chi connectivity index (χ2n) is 4.43. The van der Waals surface area contributed by atoms with Crippen molar-refractivity contribution in [3.05, 3.63) is 45.0 Å². The Balaban J connectivity index is 2.34. The number of aryl methyl sites for hydroxylation is 1. The van der Waals surface area contributed by atoms with Crippen LogP contribution in [0.25, 0.3) is 0 Å². The number of non-ortho nitro benzene ring substituents is 1. The van der Waals surface area contributed by atoms with Crippen molar-refractivity contribution < 1.29 is 14.5 Å². The van der Waals surface area contributed by atoms with Crippen molar-refractivity contribution in [1.29, 1.82) is 0 Å². The number of hydrogen-bond acceptors (Lipinski definition) is 7. The summed E-state index contributed by atoms with van der Waals surface area (Å²) in [5.41, 5.74) is 0.952. The Labute approximate surface area is 135 Å². The highest BCUT2D eigenvalue weighted by atomic mass is 32.2. The Kier molecular flexibility index (Phi) is 5.51. The van der Waals surface area contributed by atoms with Crippen LogP contribution in [0.4, 0.5) is 5.69 Å². The van der Waals surface area contributed by atoms with E-state index in [1.54, 1.807) is 6.07 Å². The molecule has 0 saturated carbocycles. The quantitative estimate of drug-likeness (QED) is 0.448. The standard InChI is InChI=1S/C14H14N2O4S2/c1-3-6-20-13(17)11-7-10(16(18)19)4-5-12(11)22-14-15-9(2)8-21-14/h4-5,7-8H,3,6H2,1-2H3. The van der Waals surface area contributed by atoms with Crippen molar-refractivity contribution in [2.75, 3.05) is 6.61 Å². The lowest BCUT2D eigenvalue weighted by Crippen LogP contribution is -2.08. The molecule has 2 rings (SSSR count). The fourth-order valence-corrected chi connectivity index (χ4v) is 3.52. The van der Waals surface area contributed by atoms with Gasteiger partial charge in [0.2, 0.25) is 0 Å². The maximum atomic E-state index is 12.1. The summed E-state index contributed by atoms with van der Waals surface area (Å²) < 4.78 is 5.88. The summed E-state index contributed by atoms with van der Waals surface area (Å²) >= 11 is 2.76. The van der Waals surface area contributed by atoms with Crippen LogP contribution < -0.4 is 0 Å². The maximum Gasteiger partial charge on any atom is 0.339 e. The summed E-state index contributed by atoms with van der Waals surface area (Å²) in [6.45, 7) is 4.05. The van der Waals surface area contributed by atoms with E-state index in [9.17, 15) is 14.9 Å². The van der Waals surface area contributed by atoms with E-state index in [1.807, 2.05) is 19.2 Å². The molecule has 0 saturated heterocycles. The summed E-state index contributed by atoms with van der Waals surface area (Å²) in [6.07, 6.45) is 0.689.